The van der Waals surface area contributed by atoms with E-state index in [2.05, 4.69) is 30.3 Å². The molecular weight excluding hydrogens is 454 g/mol. The van der Waals surface area contributed by atoms with E-state index >= 15 is 0 Å². The van der Waals surface area contributed by atoms with Crippen molar-refractivity contribution >= 4 is 17.6 Å². The largest absolute Gasteiger partial charge is 0.465 e. The maximum Gasteiger partial charge on any atom is 0.410 e. The number of carbonyl (C=O) groups is 2. The van der Waals surface area contributed by atoms with Crippen molar-refractivity contribution in [2.75, 3.05) is 26.9 Å². The molecule has 6 rings (SSSR count). The van der Waals surface area contributed by atoms with Crippen LogP contribution in [0.4, 0.5) is 4.79 Å². The zero-order valence-corrected chi connectivity index (χ0v) is 20.1. The number of ether oxygens (including phenoxy) is 3. The summed E-state index contributed by atoms with van der Waals surface area (Å²) in [5, 5.41) is 0. The monoisotopic (exact) mass is 481 g/mol. The minimum Gasteiger partial charge on any atom is -0.465 e. The number of methoxy groups -OCH3 is 1. The van der Waals surface area contributed by atoms with Gasteiger partial charge in [0.15, 0.2) is 0 Å². The Balaban J connectivity index is 1.21. The molecule has 3 aliphatic rings. The number of nitrogens with zero attached hydrogens (tertiary/aromatic N) is 1. The van der Waals surface area contributed by atoms with E-state index in [1.165, 1.54) is 29.4 Å². The van der Waals surface area contributed by atoms with E-state index in [0.29, 0.717) is 31.8 Å². The van der Waals surface area contributed by atoms with E-state index in [9.17, 15) is 9.59 Å². The van der Waals surface area contributed by atoms with Gasteiger partial charge >= 0.3 is 12.1 Å². The van der Waals surface area contributed by atoms with Crippen LogP contribution in [-0.2, 0) is 14.2 Å². The van der Waals surface area contributed by atoms with Crippen molar-refractivity contribution in [2.24, 2.45) is 0 Å². The predicted octanol–water partition coefficient (Wildman–Crippen LogP) is 5.28. The third-order valence-corrected chi connectivity index (χ3v) is 7.40. The molecule has 0 spiro atoms. The van der Waals surface area contributed by atoms with Crippen LogP contribution in [0.1, 0.15) is 39.4 Å². The molecule has 2 atom stereocenters. The average molecular weight is 482 g/mol. The number of rotatable bonds is 4. The Hall–Kier alpha value is -3.90. The van der Waals surface area contributed by atoms with Crippen LogP contribution in [0.3, 0.4) is 0 Å². The SMILES string of the molecule is COC(=O)c1cccc(C2=CC3COCC(C2)N3C(=O)OCC2c3ccccc3-c3ccccc32)c1. The van der Waals surface area contributed by atoms with Crippen LogP contribution >= 0.6 is 0 Å². The summed E-state index contributed by atoms with van der Waals surface area (Å²) in [6.07, 6.45) is 2.38. The maximum atomic E-state index is 13.4. The van der Waals surface area contributed by atoms with Crippen LogP contribution in [0.25, 0.3) is 16.7 Å². The van der Waals surface area contributed by atoms with Gasteiger partial charge in [-0.15, -0.1) is 0 Å². The van der Waals surface area contributed by atoms with Crippen LogP contribution < -0.4 is 0 Å². The molecule has 6 heteroatoms. The van der Waals surface area contributed by atoms with Crippen molar-refractivity contribution < 1.29 is 23.8 Å². The predicted molar refractivity (Wildman–Crippen MR) is 136 cm³/mol. The van der Waals surface area contributed by atoms with E-state index in [0.717, 1.165) is 11.1 Å². The number of benzene rings is 3. The lowest BCUT2D eigenvalue weighted by Gasteiger charge is -2.44. The molecule has 3 aromatic carbocycles. The molecule has 2 heterocycles. The zero-order valence-electron chi connectivity index (χ0n) is 20.1. The highest BCUT2D eigenvalue weighted by Crippen LogP contribution is 2.44. The van der Waals surface area contributed by atoms with Gasteiger partial charge in [-0.2, -0.15) is 0 Å². The lowest BCUT2D eigenvalue weighted by Crippen LogP contribution is -2.56. The van der Waals surface area contributed by atoms with Gasteiger partial charge in [-0.1, -0.05) is 66.7 Å². The Kier molecular flexibility index (Phi) is 5.82. The molecule has 3 aromatic rings. The standard InChI is InChI=1S/C30H27NO5/c1-34-29(32)20-8-6-7-19(13-20)21-14-22-16-35-17-23(15-21)31(22)30(33)36-18-28-26-11-4-2-9-24(26)25-10-3-5-12-27(25)28/h2-14,22-23,28H,15-18H2,1H3. The minimum absolute atomic E-state index is 0.0226. The molecule has 1 amide bonds. The third kappa shape index (κ3) is 3.88. The summed E-state index contributed by atoms with van der Waals surface area (Å²) in [5.41, 5.74) is 7.38. The molecule has 6 nitrogen and oxygen atoms in total. The summed E-state index contributed by atoms with van der Waals surface area (Å²) < 4.78 is 16.6. The summed E-state index contributed by atoms with van der Waals surface area (Å²) in [7, 11) is 1.38. The van der Waals surface area contributed by atoms with Crippen LogP contribution in [0.5, 0.6) is 0 Å². The minimum atomic E-state index is -0.364. The fourth-order valence-corrected chi connectivity index (χ4v) is 5.73. The van der Waals surface area contributed by atoms with E-state index in [-0.39, 0.29) is 30.1 Å². The Labute approximate surface area is 210 Å². The molecule has 1 aliphatic carbocycles. The number of amides is 1. The summed E-state index contributed by atoms with van der Waals surface area (Å²) in [4.78, 5) is 27.2. The van der Waals surface area contributed by atoms with Crippen LogP contribution in [0.2, 0.25) is 0 Å². The van der Waals surface area contributed by atoms with Gasteiger partial charge in [0.25, 0.3) is 0 Å². The highest BCUT2D eigenvalue weighted by molar-refractivity contribution is 5.90. The molecule has 36 heavy (non-hydrogen) atoms. The Morgan fingerprint density at radius 1 is 0.944 bits per heavy atom. The molecule has 0 radical (unpaired) electrons. The summed E-state index contributed by atoms with van der Waals surface area (Å²) in [6, 6.07) is 23.7. The topological polar surface area (TPSA) is 65.1 Å². The second-order valence-electron chi connectivity index (χ2n) is 9.44. The summed E-state index contributed by atoms with van der Waals surface area (Å²) in [6.45, 7) is 1.16. The fraction of sp³-hybridized carbons (Fsp3) is 0.267. The zero-order chi connectivity index (χ0) is 24.6. The Morgan fingerprint density at radius 3 is 2.36 bits per heavy atom. The first kappa shape index (κ1) is 22.6. The van der Waals surface area contributed by atoms with Crippen molar-refractivity contribution in [1.29, 1.82) is 0 Å². The molecule has 2 bridgehead atoms. The molecule has 2 unspecified atom stereocenters. The van der Waals surface area contributed by atoms with Crippen LogP contribution in [0, 0.1) is 0 Å². The highest BCUT2D eigenvalue weighted by Gasteiger charge is 2.40. The van der Waals surface area contributed by atoms with Gasteiger partial charge in [-0.25, -0.2) is 9.59 Å². The number of carbonyl (C=O) groups excluding carboxylic acids is 2. The lowest BCUT2D eigenvalue weighted by molar-refractivity contribution is -0.0331. The first-order chi connectivity index (χ1) is 17.6. The van der Waals surface area contributed by atoms with Crippen molar-refractivity contribution in [3.8, 4) is 11.1 Å². The first-order valence-electron chi connectivity index (χ1n) is 12.2. The first-order valence-corrected chi connectivity index (χ1v) is 12.2. The van der Waals surface area contributed by atoms with Crippen molar-refractivity contribution in [3.05, 3.63) is 101 Å². The van der Waals surface area contributed by atoms with Crippen LogP contribution in [-0.4, -0.2) is 56.0 Å². The van der Waals surface area contributed by atoms with Gasteiger partial charge in [0.1, 0.15) is 6.61 Å². The van der Waals surface area contributed by atoms with Gasteiger partial charge in [-0.3, -0.25) is 4.90 Å². The molecule has 0 saturated carbocycles. The Bertz CT molecular complexity index is 1320. The van der Waals surface area contributed by atoms with Gasteiger partial charge in [0.2, 0.25) is 0 Å². The second kappa shape index (κ2) is 9.28. The molecule has 0 N–H and O–H groups in total. The number of hydrogen-bond acceptors (Lipinski definition) is 5. The number of hydrogen-bond donors (Lipinski definition) is 0. The summed E-state index contributed by atoms with van der Waals surface area (Å²) >= 11 is 0. The molecule has 0 aromatic heterocycles. The van der Waals surface area contributed by atoms with Gasteiger partial charge in [-0.05, 0) is 51.9 Å². The number of esters is 1. The van der Waals surface area contributed by atoms with E-state index in [1.807, 2.05) is 47.4 Å². The van der Waals surface area contributed by atoms with E-state index in [4.69, 9.17) is 14.2 Å². The third-order valence-electron chi connectivity index (χ3n) is 7.40. The van der Waals surface area contributed by atoms with Crippen molar-refractivity contribution in [1.82, 2.24) is 4.90 Å². The fourth-order valence-electron chi connectivity index (χ4n) is 5.73. The van der Waals surface area contributed by atoms with Gasteiger partial charge in [0.05, 0.1) is 38.0 Å². The molecule has 1 saturated heterocycles. The molecule has 182 valence electrons. The molecule has 2 aliphatic heterocycles. The van der Waals surface area contributed by atoms with Gasteiger partial charge in [0, 0.05) is 5.92 Å². The quantitative estimate of drug-likeness (QED) is 0.475. The highest BCUT2D eigenvalue weighted by atomic mass is 16.6. The molecule has 1 fully saturated rings. The maximum absolute atomic E-state index is 13.4. The smallest absolute Gasteiger partial charge is 0.410 e. The number of fused-ring (bicyclic) bond motifs is 5. The lowest BCUT2D eigenvalue weighted by atomic mass is 9.89. The van der Waals surface area contributed by atoms with Crippen molar-refractivity contribution in [3.63, 3.8) is 0 Å². The van der Waals surface area contributed by atoms with Gasteiger partial charge < -0.3 is 14.2 Å². The van der Waals surface area contributed by atoms with E-state index < -0.39 is 0 Å². The van der Waals surface area contributed by atoms with E-state index in [1.54, 1.807) is 6.07 Å². The Morgan fingerprint density at radius 2 is 1.67 bits per heavy atom. The number of morpholine rings is 1. The second-order valence-corrected chi connectivity index (χ2v) is 9.44. The van der Waals surface area contributed by atoms with Crippen LogP contribution in [0.15, 0.2) is 78.9 Å². The normalized spacial score (nSPS) is 20.2. The summed E-state index contributed by atoms with van der Waals surface area (Å²) in [5.74, 6) is -0.341. The van der Waals surface area contributed by atoms with Crippen molar-refractivity contribution in [2.45, 2.75) is 24.4 Å². The average Bonchev–Trinajstić information content (AvgIpc) is 3.24. The molecular formula is C30H27NO5.